The molecule has 0 aromatic rings. The number of aliphatic hydroxyl groups is 1. The highest BCUT2D eigenvalue weighted by Gasteiger charge is 2.29. The number of carbonyl (C=O) groups is 1. The van der Waals surface area contributed by atoms with E-state index in [1.807, 2.05) is 0 Å². The molecule has 4 heteroatoms. The lowest BCUT2D eigenvalue weighted by atomic mass is 10.0. The smallest absolute Gasteiger partial charge is 0.248 e. The molecule has 0 radical (unpaired) electrons. The number of likely N-dealkylation sites (N-methyl/N-ethyl adjacent to an activating group) is 1. The van der Waals surface area contributed by atoms with Crippen LogP contribution >= 0.6 is 0 Å². The fourth-order valence-corrected chi connectivity index (χ4v) is 2.47. The van der Waals surface area contributed by atoms with Gasteiger partial charge in [-0.15, -0.1) is 0 Å². The minimum Gasteiger partial charge on any atom is -0.387 e. The first kappa shape index (κ1) is 11.9. The number of aliphatic hydroxyl groups excluding tert-OH is 1. The summed E-state index contributed by atoms with van der Waals surface area (Å²) in [6.45, 7) is 3.09. The molecule has 1 aliphatic heterocycles. The summed E-state index contributed by atoms with van der Waals surface area (Å²) in [7, 11) is 1.81. The van der Waals surface area contributed by atoms with Crippen LogP contribution in [0.2, 0.25) is 0 Å². The highest BCUT2D eigenvalue weighted by molar-refractivity contribution is 5.77. The Morgan fingerprint density at radius 3 is 2.44 bits per heavy atom. The van der Waals surface area contributed by atoms with Gasteiger partial charge < -0.3 is 14.9 Å². The molecule has 2 fully saturated rings. The molecule has 92 valence electrons. The summed E-state index contributed by atoms with van der Waals surface area (Å²) in [5, 5.41) is 8.81. The monoisotopic (exact) mass is 226 g/mol. The first-order chi connectivity index (χ1) is 7.70. The summed E-state index contributed by atoms with van der Waals surface area (Å²) in [4.78, 5) is 15.6. The maximum atomic E-state index is 11.3. The number of hydrogen-bond acceptors (Lipinski definition) is 3. The summed E-state index contributed by atoms with van der Waals surface area (Å²) >= 11 is 0. The van der Waals surface area contributed by atoms with Gasteiger partial charge in [-0.05, 0) is 31.6 Å². The second-order valence-corrected chi connectivity index (χ2v) is 5.14. The average Bonchev–Trinajstić information content (AvgIpc) is 3.12. The van der Waals surface area contributed by atoms with E-state index in [1.165, 1.54) is 19.4 Å². The lowest BCUT2D eigenvalue weighted by Crippen LogP contribution is -2.46. The zero-order valence-corrected chi connectivity index (χ0v) is 10.1. The molecular weight excluding hydrogens is 204 g/mol. The van der Waals surface area contributed by atoms with E-state index in [2.05, 4.69) is 4.90 Å². The number of carbonyl (C=O) groups excluding carboxylic acids is 1. The van der Waals surface area contributed by atoms with Gasteiger partial charge in [0.05, 0.1) is 0 Å². The molecule has 1 heterocycles. The van der Waals surface area contributed by atoms with Crippen molar-refractivity contribution in [3.05, 3.63) is 0 Å². The minimum atomic E-state index is -0.362. The molecule has 1 saturated heterocycles. The molecule has 0 aromatic heterocycles. The van der Waals surface area contributed by atoms with E-state index in [0.29, 0.717) is 6.04 Å². The Hall–Kier alpha value is -0.610. The van der Waals surface area contributed by atoms with E-state index in [-0.39, 0.29) is 12.5 Å². The Morgan fingerprint density at radius 2 is 1.94 bits per heavy atom. The standard InChI is InChI=1S/C12H22N2O2/c1-13(12(16)9-15)11-4-6-14(7-5-11)8-10-2-3-10/h10-11,15H,2-9H2,1H3. The van der Waals surface area contributed by atoms with E-state index in [1.54, 1.807) is 11.9 Å². The van der Waals surface area contributed by atoms with Crippen molar-refractivity contribution in [1.82, 2.24) is 9.80 Å². The Bertz CT molecular complexity index is 245. The van der Waals surface area contributed by atoms with Crippen molar-refractivity contribution in [2.45, 2.75) is 31.7 Å². The van der Waals surface area contributed by atoms with Crippen LogP contribution < -0.4 is 0 Å². The van der Waals surface area contributed by atoms with Crippen LogP contribution in [0, 0.1) is 5.92 Å². The predicted octanol–water partition coefficient (Wildman–Crippen LogP) is 0.311. The Balaban J connectivity index is 1.73. The molecule has 1 aliphatic carbocycles. The number of likely N-dealkylation sites (tertiary alicyclic amines) is 1. The average molecular weight is 226 g/mol. The number of nitrogens with zero attached hydrogens (tertiary/aromatic N) is 2. The molecule has 0 atom stereocenters. The Labute approximate surface area is 97.2 Å². The fraction of sp³-hybridized carbons (Fsp3) is 0.917. The van der Waals surface area contributed by atoms with Crippen LogP contribution in [0.25, 0.3) is 0 Å². The lowest BCUT2D eigenvalue weighted by Gasteiger charge is -2.36. The molecule has 2 aliphatic rings. The van der Waals surface area contributed by atoms with Gasteiger partial charge in [0.15, 0.2) is 0 Å². The SMILES string of the molecule is CN(C(=O)CO)C1CCN(CC2CC2)CC1. The van der Waals surface area contributed by atoms with Gasteiger partial charge in [-0.1, -0.05) is 0 Å². The molecule has 1 N–H and O–H groups in total. The van der Waals surface area contributed by atoms with Crippen LogP contribution in [-0.4, -0.2) is 60.1 Å². The normalized spacial score (nSPS) is 23.4. The fourth-order valence-electron chi connectivity index (χ4n) is 2.47. The summed E-state index contributed by atoms with van der Waals surface area (Å²) in [5.41, 5.74) is 0. The van der Waals surface area contributed by atoms with Gasteiger partial charge in [-0.25, -0.2) is 0 Å². The zero-order valence-electron chi connectivity index (χ0n) is 10.1. The van der Waals surface area contributed by atoms with Crippen molar-refractivity contribution < 1.29 is 9.90 Å². The van der Waals surface area contributed by atoms with Crippen LogP contribution in [0.1, 0.15) is 25.7 Å². The Morgan fingerprint density at radius 1 is 1.31 bits per heavy atom. The van der Waals surface area contributed by atoms with Gasteiger partial charge in [-0.3, -0.25) is 4.79 Å². The highest BCUT2D eigenvalue weighted by atomic mass is 16.3. The van der Waals surface area contributed by atoms with E-state index in [0.717, 1.165) is 31.8 Å². The largest absolute Gasteiger partial charge is 0.387 e. The molecule has 0 bridgehead atoms. The summed E-state index contributed by atoms with van der Waals surface area (Å²) in [5.74, 6) is 0.800. The van der Waals surface area contributed by atoms with E-state index >= 15 is 0 Å². The van der Waals surface area contributed by atoms with Crippen LogP contribution in [0.15, 0.2) is 0 Å². The molecular formula is C12H22N2O2. The molecule has 1 amide bonds. The highest BCUT2D eigenvalue weighted by Crippen LogP contribution is 2.30. The number of piperidine rings is 1. The van der Waals surface area contributed by atoms with Crippen LogP contribution in [-0.2, 0) is 4.79 Å². The topological polar surface area (TPSA) is 43.8 Å². The van der Waals surface area contributed by atoms with Crippen molar-refractivity contribution in [2.75, 3.05) is 33.3 Å². The number of hydrogen-bond donors (Lipinski definition) is 1. The third-order valence-electron chi connectivity index (χ3n) is 3.85. The van der Waals surface area contributed by atoms with Gasteiger partial charge in [0, 0.05) is 32.7 Å². The zero-order chi connectivity index (χ0) is 11.5. The lowest BCUT2D eigenvalue weighted by molar-refractivity contribution is -0.135. The van der Waals surface area contributed by atoms with Crippen molar-refractivity contribution in [2.24, 2.45) is 5.92 Å². The maximum absolute atomic E-state index is 11.3. The van der Waals surface area contributed by atoms with Crippen LogP contribution in [0.4, 0.5) is 0 Å². The number of rotatable bonds is 4. The second kappa shape index (κ2) is 5.15. The summed E-state index contributed by atoms with van der Waals surface area (Å²) in [6.07, 6.45) is 4.91. The van der Waals surface area contributed by atoms with E-state index in [4.69, 9.17) is 5.11 Å². The predicted molar refractivity (Wildman–Crippen MR) is 62.0 cm³/mol. The van der Waals surface area contributed by atoms with Crippen molar-refractivity contribution in [1.29, 1.82) is 0 Å². The van der Waals surface area contributed by atoms with Gasteiger partial charge in [0.25, 0.3) is 0 Å². The van der Waals surface area contributed by atoms with Crippen molar-refractivity contribution in [3.8, 4) is 0 Å². The molecule has 16 heavy (non-hydrogen) atoms. The van der Waals surface area contributed by atoms with E-state index in [9.17, 15) is 4.79 Å². The van der Waals surface area contributed by atoms with Crippen molar-refractivity contribution in [3.63, 3.8) is 0 Å². The van der Waals surface area contributed by atoms with Gasteiger partial charge in [0.2, 0.25) is 5.91 Å². The maximum Gasteiger partial charge on any atom is 0.248 e. The Kier molecular flexibility index (Phi) is 3.82. The molecule has 2 rings (SSSR count). The second-order valence-electron chi connectivity index (χ2n) is 5.14. The molecule has 0 unspecified atom stereocenters. The molecule has 4 nitrogen and oxygen atoms in total. The first-order valence-electron chi connectivity index (χ1n) is 6.29. The van der Waals surface area contributed by atoms with E-state index < -0.39 is 0 Å². The molecule has 1 saturated carbocycles. The summed E-state index contributed by atoms with van der Waals surface area (Å²) in [6, 6.07) is 0.329. The first-order valence-corrected chi connectivity index (χ1v) is 6.29. The van der Waals surface area contributed by atoms with Gasteiger partial charge in [0.1, 0.15) is 6.61 Å². The van der Waals surface area contributed by atoms with Gasteiger partial charge in [-0.2, -0.15) is 0 Å². The van der Waals surface area contributed by atoms with Crippen LogP contribution in [0.3, 0.4) is 0 Å². The quantitative estimate of drug-likeness (QED) is 0.750. The van der Waals surface area contributed by atoms with Crippen molar-refractivity contribution >= 4 is 5.91 Å². The third-order valence-corrected chi connectivity index (χ3v) is 3.85. The van der Waals surface area contributed by atoms with Gasteiger partial charge >= 0.3 is 0 Å². The van der Waals surface area contributed by atoms with Crippen LogP contribution in [0.5, 0.6) is 0 Å². The number of amides is 1. The third kappa shape index (κ3) is 2.95. The molecule has 0 aromatic carbocycles. The minimum absolute atomic E-state index is 0.152. The summed E-state index contributed by atoms with van der Waals surface area (Å²) < 4.78 is 0. The molecule has 0 spiro atoms.